The molecule has 28 heavy (non-hydrogen) atoms. The van der Waals surface area contributed by atoms with E-state index < -0.39 is 0 Å². The predicted molar refractivity (Wildman–Crippen MR) is 107 cm³/mol. The number of carbonyl (C=O) groups excluding carboxylic acids is 1. The van der Waals surface area contributed by atoms with Crippen LogP contribution in [0.1, 0.15) is 21.5 Å². The second-order valence-corrected chi connectivity index (χ2v) is 5.99. The zero-order valence-electron chi connectivity index (χ0n) is 15.8. The van der Waals surface area contributed by atoms with Gasteiger partial charge in [0.15, 0.2) is 0 Å². The molecule has 0 spiro atoms. The topological polar surface area (TPSA) is 85.4 Å². The second-order valence-electron chi connectivity index (χ2n) is 5.99. The van der Waals surface area contributed by atoms with Gasteiger partial charge in [-0.2, -0.15) is 0 Å². The van der Waals surface area contributed by atoms with Crippen molar-refractivity contribution in [3.05, 3.63) is 77.6 Å². The molecule has 0 radical (unpaired) electrons. The largest absolute Gasteiger partial charge is 0.497 e. The first-order valence-electron chi connectivity index (χ1n) is 8.78. The smallest absolute Gasteiger partial charge is 0.254 e. The van der Waals surface area contributed by atoms with Crippen molar-refractivity contribution in [1.29, 1.82) is 0 Å². The zero-order valence-corrected chi connectivity index (χ0v) is 15.8. The van der Waals surface area contributed by atoms with Crippen molar-refractivity contribution in [2.45, 2.75) is 13.1 Å². The van der Waals surface area contributed by atoms with Crippen molar-refractivity contribution in [2.24, 2.45) is 0 Å². The normalized spacial score (nSPS) is 10.2. The summed E-state index contributed by atoms with van der Waals surface area (Å²) in [7, 11) is 3.24. The molecule has 7 nitrogen and oxygen atoms in total. The fourth-order valence-electron chi connectivity index (χ4n) is 2.59. The average Bonchev–Trinajstić information content (AvgIpc) is 2.77. The molecular formula is C21H22N4O3. The van der Waals surface area contributed by atoms with Crippen LogP contribution in [0.3, 0.4) is 0 Å². The summed E-state index contributed by atoms with van der Waals surface area (Å²) in [5.41, 5.74) is 2.37. The van der Waals surface area contributed by atoms with Gasteiger partial charge in [-0.05, 0) is 23.8 Å². The molecule has 144 valence electrons. The number of carbonyl (C=O) groups is 1. The molecule has 1 aromatic heterocycles. The van der Waals surface area contributed by atoms with Gasteiger partial charge in [0.1, 0.15) is 11.5 Å². The van der Waals surface area contributed by atoms with Gasteiger partial charge >= 0.3 is 0 Å². The fourth-order valence-corrected chi connectivity index (χ4v) is 2.59. The Kier molecular flexibility index (Phi) is 6.41. The highest BCUT2D eigenvalue weighted by Crippen LogP contribution is 2.17. The Labute approximate surface area is 163 Å². The highest BCUT2D eigenvalue weighted by atomic mass is 16.5. The maximum Gasteiger partial charge on any atom is 0.254 e. The first-order chi connectivity index (χ1) is 13.7. The molecule has 3 rings (SSSR count). The van der Waals surface area contributed by atoms with E-state index in [1.54, 1.807) is 14.2 Å². The molecule has 0 unspecified atom stereocenters. The van der Waals surface area contributed by atoms with Crippen LogP contribution in [0.4, 0.5) is 5.95 Å². The third-order valence-corrected chi connectivity index (χ3v) is 4.16. The van der Waals surface area contributed by atoms with Crippen LogP contribution in [-0.4, -0.2) is 30.1 Å². The Hall–Kier alpha value is -3.61. The van der Waals surface area contributed by atoms with Gasteiger partial charge in [0.2, 0.25) is 5.95 Å². The van der Waals surface area contributed by atoms with Crippen molar-refractivity contribution in [3.63, 3.8) is 0 Å². The van der Waals surface area contributed by atoms with E-state index in [1.165, 1.54) is 12.4 Å². The van der Waals surface area contributed by atoms with Gasteiger partial charge < -0.3 is 20.1 Å². The van der Waals surface area contributed by atoms with Gasteiger partial charge in [-0.1, -0.05) is 30.3 Å². The number of hydrogen-bond acceptors (Lipinski definition) is 6. The third kappa shape index (κ3) is 4.97. The standard InChI is InChI=1S/C21H22N4O3/c1-27-18-9-7-15(8-10-18)11-23-21-24-13-17(14-25-21)20(26)22-12-16-5-3-4-6-19(16)28-2/h3-10,13-14H,11-12H2,1-2H3,(H,22,26)(H,23,24,25). The summed E-state index contributed by atoms with van der Waals surface area (Å²) in [5.74, 6) is 1.75. The molecule has 7 heteroatoms. The van der Waals surface area contributed by atoms with Gasteiger partial charge in [-0.25, -0.2) is 9.97 Å². The first kappa shape index (κ1) is 19.2. The first-order valence-corrected chi connectivity index (χ1v) is 8.78. The zero-order chi connectivity index (χ0) is 19.8. The minimum atomic E-state index is -0.243. The molecule has 1 amide bonds. The van der Waals surface area contributed by atoms with Gasteiger partial charge in [0.25, 0.3) is 5.91 Å². The summed E-state index contributed by atoms with van der Waals surface area (Å²) >= 11 is 0. The highest BCUT2D eigenvalue weighted by molar-refractivity contribution is 5.93. The number of nitrogens with one attached hydrogen (secondary N) is 2. The Bertz CT molecular complexity index is 912. The number of rotatable bonds is 8. The Morgan fingerprint density at radius 3 is 2.32 bits per heavy atom. The van der Waals surface area contributed by atoms with Crippen molar-refractivity contribution < 1.29 is 14.3 Å². The van der Waals surface area contributed by atoms with Crippen LogP contribution >= 0.6 is 0 Å². The summed E-state index contributed by atoms with van der Waals surface area (Å²) in [6, 6.07) is 15.3. The van der Waals surface area contributed by atoms with E-state index in [1.807, 2.05) is 48.5 Å². The minimum Gasteiger partial charge on any atom is -0.497 e. The quantitative estimate of drug-likeness (QED) is 0.627. The summed E-state index contributed by atoms with van der Waals surface area (Å²) in [6.45, 7) is 0.934. The van der Waals surface area contributed by atoms with E-state index in [0.29, 0.717) is 24.6 Å². The van der Waals surface area contributed by atoms with E-state index in [9.17, 15) is 4.79 Å². The molecule has 0 saturated heterocycles. The van der Waals surface area contributed by atoms with Crippen LogP contribution in [0.5, 0.6) is 11.5 Å². The molecule has 0 aliphatic rings. The Morgan fingerprint density at radius 2 is 1.64 bits per heavy atom. The van der Waals surface area contributed by atoms with Gasteiger partial charge in [0, 0.05) is 31.0 Å². The minimum absolute atomic E-state index is 0.243. The summed E-state index contributed by atoms with van der Waals surface area (Å²) in [5, 5.41) is 5.97. The molecule has 2 N–H and O–H groups in total. The Morgan fingerprint density at radius 1 is 0.929 bits per heavy atom. The lowest BCUT2D eigenvalue weighted by atomic mass is 10.2. The second kappa shape index (κ2) is 9.36. The van der Waals surface area contributed by atoms with E-state index >= 15 is 0 Å². The number of anilines is 1. The molecule has 0 fully saturated rings. The van der Waals surface area contributed by atoms with Crippen molar-refractivity contribution in [2.75, 3.05) is 19.5 Å². The molecule has 1 heterocycles. The fraction of sp³-hybridized carbons (Fsp3) is 0.190. The predicted octanol–water partition coefficient (Wildman–Crippen LogP) is 3.04. The number of amides is 1. The number of ether oxygens (including phenoxy) is 2. The van der Waals surface area contributed by atoms with Gasteiger partial charge in [-0.3, -0.25) is 4.79 Å². The molecule has 0 bridgehead atoms. The molecule has 2 aromatic carbocycles. The highest BCUT2D eigenvalue weighted by Gasteiger charge is 2.09. The molecule has 3 aromatic rings. The summed E-state index contributed by atoms with van der Waals surface area (Å²) in [4.78, 5) is 20.7. The number of nitrogens with zero attached hydrogens (tertiary/aromatic N) is 2. The maximum absolute atomic E-state index is 12.3. The van der Waals surface area contributed by atoms with Crippen LogP contribution < -0.4 is 20.1 Å². The van der Waals surface area contributed by atoms with E-state index in [4.69, 9.17) is 9.47 Å². The molecular weight excluding hydrogens is 356 g/mol. The van der Waals surface area contributed by atoms with Crippen LogP contribution in [0.25, 0.3) is 0 Å². The lowest BCUT2D eigenvalue weighted by molar-refractivity contribution is 0.0950. The molecule has 0 saturated carbocycles. The molecule has 0 aliphatic heterocycles. The van der Waals surface area contributed by atoms with Crippen LogP contribution in [0, 0.1) is 0 Å². The third-order valence-electron chi connectivity index (χ3n) is 4.16. The summed E-state index contributed by atoms with van der Waals surface area (Å²) in [6.07, 6.45) is 3.00. The average molecular weight is 378 g/mol. The lowest BCUT2D eigenvalue weighted by Gasteiger charge is -2.10. The van der Waals surface area contributed by atoms with Gasteiger partial charge in [0.05, 0.1) is 19.8 Å². The summed E-state index contributed by atoms with van der Waals surface area (Å²) < 4.78 is 10.4. The van der Waals surface area contributed by atoms with Crippen molar-refractivity contribution >= 4 is 11.9 Å². The van der Waals surface area contributed by atoms with E-state index in [0.717, 1.165) is 22.6 Å². The van der Waals surface area contributed by atoms with Crippen LogP contribution in [-0.2, 0) is 13.1 Å². The number of hydrogen-bond donors (Lipinski definition) is 2. The maximum atomic E-state index is 12.3. The molecule has 0 atom stereocenters. The number of para-hydroxylation sites is 1. The number of benzene rings is 2. The van der Waals surface area contributed by atoms with Crippen molar-refractivity contribution in [3.8, 4) is 11.5 Å². The molecule has 0 aliphatic carbocycles. The SMILES string of the molecule is COc1ccc(CNc2ncc(C(=O)NCc3ccccc3OC)cn2)cc1. The lowest BCUT2D eigenvalue weighted by Crippen LogP contribution is -2.23. The van der Waals surface area contributed by atoms with Crippen LogP contribution in [0.2, 0.25) is 0 Å². The number of aromatic nitrogens is 2. The number of methoxy groups -OCH3 is 2. The van der Waals surface area contributed by atoms with E-state index in [-0.39, 0.29) is 5.91 Å². The van der Waals surface area contributed by atoms with Crippen LogP contribution in [0.15, 0.2) is 60.9 Å². The monoisotopic (exact) mass is 378 g/mol. The van der Waals surface area contributed by atoms with Gasteiger partial charge in [-0.15, -0.1) is 0 Å². The van der Waals surface area contributed by atoms with Crippen molar-refractivity contribution in [1.82, 2.24) is 15.3 Å². The van der Waals surface area contributed by atoms with E-state index in [2.05, 4.69) is 20.6 Å². The Balaban J connectivity index is 1.53.